The van der Waals surface area contributed by atoms with Crippen molar-refractivity contribution >= 4 is 34.5 Å². The van der Waals surface area contributed by atoms with Gasteiger partial charge in [-0.1, -0.05) is 13.2 Å². The number of nitrogens with zero attached hydrogens (tertiary/aromatic N) is 1. The number of rotatable bonds is 7. The number of carbonyl (C=O) groups is 4. The lowest BCUT2D eigenvalue weighted by atomic mass is 9.93. The standard InChI is InChI=1S/C22H19NO7/c1-5-17(24)30-16-9-7-14-18-13(6-8-15(28-4)19(16)18)20(25)23(21(14)26)10-11-29-22(27)12(2)3/h5-9H,1-2,10-11H2,3-4H3. The Bertz CT molecular complexity index is 1090. The zero-order valence-electron chi connectivity index (χ0n) is 16.5. The van der Waals surface area contributed by atoms with Crippen molar-refractivity contribution in [3.05, 3.63) is 60.2 Å². The van der Waals surface area contributed by atoms with Crippen LogP contribution in [0, 0.1) is 0 Å². The van der Waals surface area contributed by atoms with Crippen LogP contribution in [0.2, 0.25) is 0 Å². The highest BCUT2D eigenvalue weighted by atomic mass is 16.5. The first-order valence-corrected chi connectivity index (χ1v) is 8.97. The van der Waals surface area contributed by atoms with E-state index in [9.17, 15) is 19.2 Å². The van der Waals surface area contributed by atoms with Crippen LogP contribution in [0.15, 0.2) is 49.1 Å². The van der Waals surface area contributed by atoms with Gasteiger partial charge in [-0.3, -0.25) is 14.5 Å². The lowest BCUT2D eigenvalue weighted by Crippen LogP contribution is -2.42. The minimum atomic E-state index is -0.688. The molecule has 30 heavy (non-hydrogen) atoms. The molecule has 0 bridgehead atoms. The first-order valence-electron chi connectivity index (χ1n) is 8.97. The highest BCUT2D eigenvalue weighted by Gasteiger charge is 2.34. The Labute approximate surface area is 172 Å². The minimum absolute atomic E-state index is 0.114. The zero-order valence-corrected chi connectivity index (χ0v) is 16.5. The molecule has 0 radical (unpaired) electrons. The van der Waals surface area contributed by atoms with Crippen molar-refractivity contribution in [2.24, 2.45) is 0 Å². The number of imide groups is 1. The number of methoxy groups -OCH3 is 1. The van der Waals surface area contributed by atoms with Gasteiger partial charge in [-0.15, -0.1) is 0 Å². The largest absolute Gasteiger partial charge is 0.496 e. The highest BCUT2D eigenvalue weighted by Crippen LogP contribution is 2.41. The Morgan fingerprint density at radius 3 is 2.17 bits per heavy atom. The normalized spacial score (nSPS) is 12.5. The molecule has 0 atom stereocenters. The summed E-state index contributed by atoms with van der Waals surface area (Å²) in [6, 6.07) is 6.02. The summed E-state index contributed by atoms with van der Waals surface area (Å²) in [5.41, 5.74) is 0.696. The van der Waals surface area contributed by atoms with Crippen LogP contribution in [-0.4, -0.2) is 48.9 Å². The van der Waals surface area contributed by atoms with E-state index in [0.717, 1.165) is 11.0 Å². The first-order chi connectivity index (χ1) is 14.3. The molecule has 0 aromatic heterocycles. The van der Waals surface area contributed by atoms with Gasteiger partial charge in [0.15, 0.2) is 0 Å². The quantitative estimate of drug-likeness (QED) is 0.300. The minimum Gasteiger partial charge on any atom is -0.496 e. The molecule has 0 spiro atoms. The van der Waals surface area contributed by atoms with Crippen molar-refractivity contribution in [2.75, 3.05) is 20.3 Å². The van der Waals surface area contributed by atoms with E-state index in [0.29, 0.717) is 16.5 Å². The van der Waals surface area contributed by atoms with Gasteiger partial charge in [0.2, 0.25) is 0 Å². The van der Waals surface area contributed by atoms with E-state index >= 15 is 0 Å². The van der Waals surface area contributed by atoms with Crippen molar-refractivity contribution < 1.29 is 33.4 Å². The predicted molar refractivity (Wildman–Crippen MR) is 107 cm³/mol. The smallest absolute Gasteiger partial charge is 0.335 e. The molecule has 0 aliphatic carbocycles. The van der Waals surface area contributed by atoms with Crippen LogP contribution in [0.1, 0.15) is 27.6 Å². The van der Waals surface area contributed by atoms with Crippen LogP contribution in [0.4, 0.5) is 0 Å². The fourth-order valence-corrected chi connectivity index (χ4v) is 3.13. The molecular weight excluding hydrogens is 390 g/mol. The Morgan fingerprint density at radius 2 is 1.63 bits per heavy atom. The second-order valence-electron chi connectivity index (χ2n) is 6.48. The van der Waals surface area contributed by atoms with Crippen molar-refractivity contribution in [1.29, 1.82) is 0 Å². The number of carbonyl (C=O) groups excluding carboxylic acids is 4. The highest BCUT2D eigenvalue weighted by molar-refractivity contribution is 6.27. The van der Waals surface area contributed by atoms with Gasteiger partial charge in [0, 0.05) is 28.2 Å². The Balaban J connectivity index is 2.04. The Kier molecular flexibility index (Phi) is 5.68. The fraction of sp³-hybridized carbons (Fsp3) is 0.182. The lowest BCUT2D eigenvalue weighted by molar-refractivity contribution is -0.139. The molecule has 0 saturated heterocycles. The molecular formula is C22H19NO7. The monoisotopic (exact) mass is 409 g/mol. The molecule has 1 aliphatic heterocycles. The van der Waals surface area contributed by atoms with E-state index in [1.165, 1.54) is 32.2 Å². The van der Waals surface area contributed by atoms with Gasteiger partial charge in [0.1, 0.15) is 18.1 Å². The summed E-state index contributed by atoms with van der Waals surface area (Å²) < 4.78 is 15.6. The summed E-state index contributed by atoms with van der Waals surface area (Å²) >= 11 is 0. The van der Waals surface area contributed by atoms with Gasteiger partial charge in [-0.25, -0.2) is 9.59 Å². The topological polar surface area (TPSA) is 99.2 Å². The molecule has 2 aromatic rings. The summed E-state index contributed by atoms with van der Waals surface area (Å²) in [5.74, 6) is -1.92. The summed E-state index contributed by atoms with van der Waals surface area (Å²) in [5, 5.41) is 0.659. The second-order valence-corrected chi connectivity index (χ2v) is 6.48. The third-order valence-corrected chi connectivity index (χ3v) is 4.53. The van der Waals surface area contributed by atoms with Crippen molar-refractivity contribution in [2.45, 2.75) is 6.92 Å². The molecule has 0 fully saturated rings. The van der Waals surface area contributed by atoms with E-state index in [1.807, 2.05) is 0 Å². The second kappa shape index (κ2) is 8.20. The van der Waals surface area contributed by atoms with Crippen molar-refractivity contribution in [1.82, 2.24) is 4.90 Å². The van der Waals surface area contributed by atoms with Crippen molar-refractivity contribution in [3.63, 3.8) is 0 Å². The third-order valence-electron chi connectivity index (χ3n) is 4.53. The summed E-state index contributed by atoms with van der Waals surface area (Å²) in [7, 11) is 1.43. The number of hydrogen-bond donors (Lipinski definition) is 0. The maximum absolute atomic E-state index is 13.0. The van der Waals surface area contributed by atoms with Gasteiger partial charge in [0.05, 0.1) is 19.0 Å². The van der Waals surface area contributed by atoms with Crippen LogP contribution < -0.4 is 9.47 Å². The summed E-state index contributed by atoms with van der Waals surface area (Å²) in [6.45, 7) is 8.07. The van der Waals surface area contributed by atoms with Crippen LogP contribution >= 0.6 is 0 Å². The molecule has 3 rings (SSSR count). The molecule has 0 N–H and O–H groups in total. The molecule has 2 amide bonds. The van der Waals surface area contributed by atoms with Crippen molar-refractivity contribution in [3.8, 4) is 11.5 Å². The fourth-order valence-electron chi connectivity index (χ4n) is 3.13. The summed E-state index contributed by atoms with van der Waals surface area (Å²) in [6.07, 6.45) is 1.01. The maximum Gasteiger partial charge on any atom is 0.335 e. The predicted octanol–water partition coefficient (Wildman–Crippen LogP) is 2.66. The number of hydrogen-bond acceptors (Lipinski definition) is 7. The number of esters is 2. The van der Waals surface area contributed by atoms with Gasteiger partial charge >= 0.3 is 11.9 Å². The lowest BCUT2D eigenvalue weighted by Gasteiger charge is -2.28. The van der Waals surface area contributed by atoms with Gasteiger partial charge in [-0.05, 0) is 31.2 Å². The summed E-state index contributed by atoms with van der Waals surface area (Å²) in [4.78, 5) is 50.3. The van der Waals surface area contributed by atoms with Gasteiger partial charge in [-0.2, -0.15) is 0 Å². The van der Waals surface area contributed by atoms with Gasteiger partial charge < -0.3 is 14.2 Å². The van der Waals surface area contributed by atoms with E-state index < -0.39 is 23.8 Å². The molecule has 154 valence electrons. The molecule has 8 nitrogen and oxygen atoms in total. The van der Waals surface area contributed by atoms with Gasteiger partial charge in [0.25, 0.3) is 11.8 Å². The SMILES string of the molecule is C=CC(=O)Oc1ccc2c3c(ccc(OC)c13)C(=O)N(CCOC(=O)C(=C)C)C2=O. The first kappa shape index (κ1) is 20.8. The zero-order chi connectivity index (χ0) is 22.0. The molecule has 8 heteroatoms. The Hall–Kier alpha value is -3.94. The van der Waals surface area contributed by atoms with E-state index in [2.05, 4.69) is 13.2 Å². The molecule has 1 heterocycles. The Morgan fingerprint density at radius 1 is 1.03 bits per heavy atom. The maximum atomic E-state index is 13.0. The number of ether oxygens (including phenoxy) is 3. The third kappa shape index (κ3) is 3.55. The van der Waals surface area contributed by atoms with Crippen LogP contribution in [0.25, 0.3) is 10.8 Å². The average Bonchev–Trinajstić information content (AvgIpc) is 2.74. The van der Waals surface area contributed by atoms with E-state index in [4.69, 9.17) is 14.2 Å². The molecule has 0 saturated carbocycles. The molecule has 2 aromatic carbocycles. The van der Waals surface area contributed by atoms with E-state index in [1.54, 1.807) is 6.07 Å². The number of amides is 2. The van der Waals surface area contributed by atoms with Crippen LogP contribution in [0.5, 0.6) is 11.5 Å². The van der Waals surface area contributed by atoms with Crippen LogP contribution in [-0.2, 0) is 14.3 Å². The number of benzene rings is 2. The van der Waals surface area contributed by atoms with Crippen LogP contribution in [0.3, 0.4) is 0 Å². The van der Waals surface area contributed by atoms with E-state index in [-0.39, 0.29) is 35.6 Å². The molecule has 1 aliphatic rings. The molecule has 0 unspecified atom stereocenters. The average molecular weight is 409 g/mol.